The predicted molar refractivity (Wildman–Crippen MR) is 85.9 cm³/mol. The van der Waals surface area contributed by atoms with Gasteiger partial charge in [0.25, 0.3) is 0 Å². The Labute approximate surface area is 132 Å². The van der Waals surface area contributed by atoms with Gasteiger partial charge in [-0.1, -0.05) is 19.3 Å². The van der Waals surface area contributed by atoms with E-state index in [4.69, 9.17) is 0 Å². The normalized spacial score (nSPS) is 24.9. The van der Waals surface area contributed by atoms with Crippen molar-refractivity contribution in [2.45, 2.75) is 51.0 Å². The largest absolute Gasteiger partial charge is 0.309 e. The van der Waals surface area contributed by atoms with Gasteiger partial charge in [0.1, 0.15) is 0 Å². The molecule has 0 bridgehead atoms. The van der Waals surface area contributed by atoms with Crippen molar-refractivity contribution < 1.29 is 4.79 Å². The van der Waals surface area contributed by atoms with Crippen molar-refractivity contribution in [3.05, 3.63) is 12.4 Å². The molecule has 3 fully saturated rings. The maximum absolute atomic E-state index is 11.8. The van der Waals surface area contributed by atoms with E-state index in [9.17, 15) is 4.79 Å². The number of likely N-dealkylation sites (tertiary alicyclic amines) is 1. The van der Waals surface area contributed by atoms with Gasteiger partial charge in [0.05, 0.1) is 17.9 Å². The third-order valence-corrected chi connectivity index (χ3v) is 5.53. The second-order valence-electron chi connectivity index (χ2n) is 7.20. The fourth-order valence-electron chi connectivity index (χ4n) is 4.18. The molecule has 120 valence electrons. The van der Waals surface area contributed by atoms with Crippen LogP contribution in [-0.4, -0.2) is 46.8 Å². The number of carbonyl (C=O) groups is 1. The summed E-state index contributed by atoms with van der Waals surface area (Å²) >= 11 is 0. The van der Waals surface area contributed by atoms with Crippen LogP contribution in [0.2, 0.25) is 0 Å². The number of anilines is 1. The van der Waals surface area contributed by atoms with Crippen LogP contribution in [-0.2, 0) is 4.79 Å². The number of nitrogens with zero attached hydrogens (tertiary/aromatic N) is 4. The van der Waals surface area contributed by atoms with Gasteiger partial charge < -0.3 is 4.90 Å². The van der Waals surface area contributed by atoms with Gasteiger partial charge in [-0.25, -0.2) is 0 Å². The van der Waals surface area contributed by atoms with Crippen LogP contribution >= 0.6 is 0 Å². The van der Waals surface area contributed by atoms with Gasteiger partial charge in [0.15, 0.2) is 0 Å². The van der Waals surface area contributed by atoms with Gasteiger partial charge in [0, 0.05) is 38.8 Å². The molecule has 0 radical (unpaired) electrons. The molecule has 3 aliphatic rings. The van der Waals surface area contributed by atoms with Crippen molar-refractivity contribution in [3.8, 4) is 0 Å². The van der Waals surface area contributed by atoms with E-state index in [1.165, 1.54) is 38.6 Å². The Morgan fingerprint density at radius 2 is 1.95 bits per heavy atom. The molecule has 0 spiro atoms. The zero-order valence-electron chi connectivity index (χ0n) is 13.3. The highest BCUT2D eigenvalue weighted by Crippen LogP contribution is 2.29. The monoisotopic (exact) mass is 302 g/mol. The molecule has 1 aliphatic carbocycles. The molecule has 1 aromatic heterocycles. The summed E-state index contributed by atoms with van der Waals surface area (Å²) in [7, 11) is 0. The lowest BCUT2D eigenvalue weighted by Crippen LogP contribution is -2.49. The number of hydrogen-bond donors (Lipinski definition) is 0. The fraction of sp³-hybridized carbons (Fsp3) is 0.765. The first-order valence-corrected chi connectivity index (χ1v) is 8.86. The van der Waals surface area contributed by atoms with Crippen molar-refractivity contribution in [1.29, 1.82) is 0 Å². The highest BCUT2D eigenvalue weighted by molar-refractivity contribution is 5.95. The summed E-state index contributed by atoms with van der Waals surface area (Å²) in [6, 6.07) is 0.495. The van der Waals surface area contributed by atoms with Gasteiger partial charge in [-0.2, -0.15) is 5.10 Å². The molecule has 2 aliphatic heterocycles. The number of amides is 1. The molecule has 1 aromatic rings. The first kappa shape index (κ1) is 14.2. The molecule has 0 atom stereocenters. The molecule has 1 saturated carbocycles. The van der Waals surface area contributed by atoms with Crippen LogP contribution in [0, 0.1) is 5.92 Å². The summed E-state index contributed by atoms with van der Waals surface area (Å²) in [4.78, 5) is 16.2. The molecule has 0 aromatic carbocycles. The second kappa shape index (κ2) is 6.03. The van der Waals surface area contributed by atoms with Gasteiger partial charge in [0.2, 0.25) is 5.91 Å². The van der Waals surface area contributed by atoms with Crippen molar-refractivity contribution >= 4 is 11.6 Å². The van der Waals surface area contributed by atoms with Crippen LogP contribution in [0.3, 0.4) is 0 Å². The summed E-state index contributed by atoms with van der Waals surface area (Å²) in [5, 5.41) is 4.49. The third-order valence-electron chi connectivity index (χ3n) is 5.53. The van der Waals surface area contributed by atoms with E-state index in [1.807, 2.05) is 11.1 Å². The van der Waals surface area contributed by atoms with Crippen LogP contribution in [0.5, 0.6) is 0 Å². The summed E-state index contributed by atoms with van der Waals surface area (Å²) in [6.07, 6.45) is 12.7. The maximum Gasteiger partial charge on any atom is 0.227 e. The molecule has 1 amide bonds. The van der Waals surface area contributed by atoms with E-state index in [0.29, 0.717) is 12.5 Å². The summed E-state index contributed by atoms with van der Waals surface area (Å²) in [6.45, 7) is 4.36. The number of hydrogen-bond acceptors (Lipinski definition) is 3. The lowest BCUT2D eigenvalue weighted by atomic mass is 9.88. The highest BCUT2D eigenvalue weighted by atomic mass is 16.2. The Balaban J connectivity index is 1.29. The minimum Gasteiger partial charge on any atom is -0.309 e. The standard InChI is InChI=1S/C17H26N4O/c22-17-7-4-8-20(17)15-9-18-21(13-15)16-11-19(12-16)10-14-5-2-1-3-6-14/h9,13-14,16H,1-8,10-12H2. The van der Waals surface area contributed by atoms with E-state index < -0.39 is 0 Å². The SMILES string of the molecule is O=C1CCCN1c1cnn(C2CN(CC3CCCCC3)C2)c1. The quantitative estimate of drug-likeness (QED) is 0.858. The molecule has 22 heavy (non-hydrogen) atoms. The summed E-state index contributed by atoms with van der Waals surface area (Å²) in [5.41, 5.74) is 0.980. The molecular weight excluding hydrogens is 276 g/mol. The van der Waals surface area contributed by atoms with E-state index in [1.54, 1.807) is 0 Å². The average Bonchev–Trinajstić information content (AvgIpc) is 3.12. The summed E-state index contributed by atoms with van der Waals surface area (Å²) in [5.74, 6) is 1.16. The smallest absolute Gasteiger partial charge is 0.227 e. The number of aromatic nitrogens is 2. The first-order chi connectivity index (χ1) is 10.8. The van der Waals surface area contributed by atoms with E-state index in [0.717, 1.165) is 37.7 Å². The number of rotatable bonds is 4. The highest BCUT2D eigenvalue weighted by Gasteiger charge is 2.31. The zero-order valence-corrected chi connectivity index (χ0v) is 13.3. The Hall–Kier alpha value is -1.36. The fourth-order valence-corrected chi connectivity index (χ4v) is 4.18. The Bertz CT molecular complexity index is 529. The zero-order chi connectivity index (χ0) is 14.9. The van der Waals surface area contributed by atoms with Crippen LogP contribution in [0.25, 0.3) is 0 Å². The van der Waals surface area contributed by atoms with Gasteiger partial charge in [-0.05, 0) is 25.2 Å². The molecular formula is C17H26N4O. The lowest BCUT2D eigenvalue weighted by Gasteiger charge is -2.41. The summed E-state index contributed by atoms with van der Waals surface area (Å²) < 4.78 is 2.07. The van der Waals surface area contributed by atoms with E-state index in [2.05, 4.69) is 20.9 Å². The molecule has 0 unspecified atom stereocenters. The van der Waals surface area contributed by atoms with Crippen molar-refractivity contribution in [3.63, 3.8) is 0 Å². The molecule has 5 nitrogen and oxygen atoms in total. The molecule has 2 saturated heterocycles. The van der Waals surface area contributed by atoms with E-state index in [-0.39, 0.29) is 5.91 Å². The van der Waals surface area contributed by atoms with Crippen molar-refractivity contribution in [1.82, 2.24) is 14.7 Å². The van der Waals surface area contributed by atoms with E-state index >= 15 is 0 Å². The second-order valence-corrected chi connectivity index (χ2v) is 7.20. The lowest BCUT2D eigenvalue weighted by molar-refractivity contribution is -0.117. The molecule has 4 rings (SSSR count). The minimum atomic E-state index is 0.243. The molecule has 5 heteroatoms. The minimum absolute atomic E-state index is 0.243. The number of carbonyl (C=O) groups excluding carboxylic acids is 1. The van der Waals surface area contributed by atoms with Gasteiger partial charge in [-0.3, -0.25) is 14.4 Å². The molecule has 0 N–H and O–H groups in total. The average molecular weight is 302 g/mol. The van der Waals surface area contributed by atoms with Crippen molar-refractivity contribution in [2.24, 2.45) is 5.92 Å². The molecule has 3 heterocycles. The van der Waals surface area contributed by atoms with Crippen LogP contribution in [0.15, 0.2) is 12.4 Å². The van der Waals surface area contributed by atoms with Crippen molar-refractivity contribution in [2.75, 3.05) is 31.1 Å². The maximum atomic E-state index is 11.8. The van der Waals surface area contributed by atoms with Gasteiger partial charge in [-0.15, -0.1) is 0 Å². The first-order valence-electron chi connectivity index (χ1n) is 8.86. The Morgan fingerprint density at radius 1 is 1.14 bits per heavy atom. The van der Waals surface area contributed by atoms with Gasteiger partial charge >= 0.3 is 0 Å². The van der Waals surface area contributed by atoms with Crippen LogP contribution in [0.4, 0.5) is 5.69 Å². The predicted octanol–water partition coefficient (Wildman–Crippen LogP) is 2.45. The Kier molecular flexibility index (Phi) is 3.90. The topological polar surface area (TPSA) is 41.4 Å². The Morgan fingerprint density at radius 3 is 2.68 bits per heavy atom. The van der Waals surface area contributed by atoms with Crippen LogP contribution < -0.4 is 4.90 Å². The third kappa shape index (κ3) is 2.78. The van der Waals surface area contributed by atoms with Crippen LogP contribution in [0.1, 0.15) is 51.0 Å².